The van der Waals surface area contributed by atoms with Gasteiger partial charge in [0.1, 0.15) is 0 Å². The summed E-state index contributed by atoms with van der Waals surface area (Å²) >= 11 is 0. The Kier molecular flexibility index (Phi) is 5.76. The highest BCUT2D eigenvalue weighted by Gasteiger charge is 2.32. The Balaban J connectivity index is 1.38. The minimum absolute atomic E-state index is 0.301. The summed E-state index contributed by atoms with van der Waals surface area (Å²) in [6.45, 7) is 8.46. The maximum Gasteiger partial charge on any atom is 0.237 e. The van der Waals surface area contributed by atoms with E-state index >= 15 is 0 Å². The number of anilines is 2. The fourth-order valence-corrected chi connectivity index (χ4v) is 4.25. The number of nitrogens with one attached hydrogen (secondary N) is 1. The number of nitrogen functional groups attached to an aromatic ring is 1. The Morgan fingerprint density at radius 1 is 1.21 bits per heavy atom. The molecule has 0 spiro atoms. The van der Waals surface area contributed by atoms with Crippen LogP contribution in [0.15, 0.2) is 54.6 Å². The second-order valence-electron chi connectivity index (χ2n) is 7.91. The number of aryl methyl sites for hydroxylation is 2. The molecule has 0 aliphatic carbocycles. The lowest BCUT2D eigenvalue weighted by molar-refractivity contribution is -0.552. The molecule has 4 rings (SSSR count). The zero-order chi connectivity index (χ0) is 20.2. The second kappa shape index (κ2) is 8.62. The van der Waals surface area contributed by atoms with Crippen LogP contribution in [-0.2, 0) is 6.42 Å². The summed E-state index contributed by atoms with van der Waals surface area (Å²) in [5.41, 5.74) is 14.7. The van der Waals surface area contributed by atoms with Gasteiger partial charge in [0.05, 0.1) is 11.2 Å². The number of hydrogen-bond donors (Lipinski definition) is 2. The molecule has 2 aromatic carbocycles. The highest BCUT2D eigenvalue weighted by Crippen LogP contribution is 2.25. The first-order valence-electron chi connectivity index (χ1n) is 10.4. The number of fused-ring (bicyclic) bond motifs is 1. The van der Waals surface area contributed by atoms with Crippen LogP contribution in [0.3, 0.4) is 0 Å². The van der Waals surface area contributed by atoms with Gasteiger partial charge in [0.25, 0.3) is 0 Å². The van der Waals surface area contributed by atoms with Crippen LogP contribution >= 0.6 is 0 Å². The predicted octanol–water partition coefficient (Wildman–Crippen LogP) is 4.22. The van der Waals surface area contributed by atoms with Crippen molar-refractivity contribution in [3.05, 3.63) is 65.9 Å². The molecule has 3 N–H and O–H groups in total. The molecule has 150 valence electrons. The lowest BCUT2D eigenvalue weighted by Gasteiger charge is -2.21. The SMILES string of the molecule is C=[N+](Nc1ccc2nc(C)cc(N)c2c1)[C@@H]1CCCN1CCCc1ccccc1. The van der Waals surface area contributed by atoms with Crippen molar-refractivity contribution >= 4 is 29.0 Å². The van der Waals surface area contributed by atoms with Crippen LogP contribution in [0.1, 0.15) is 30.5 Å². The van der Waals surface area contributed by atoms with Gasteiger partial charge < -0.3 is 5.73 Å². The molecule has 0 saturated carbocycles. The summed E-state index contributed by atoms with van der Waals surface area (Å²) in [6.07, 6.45) is 4.90. The molecule has 1 aromatic heterocycles. The summed E-state index contributed by atoms with van der Waals surface area (Å²) in [6, 6.07) is 18.7. The fraction of sp³-hybridized carbons (Fsp3) is 0.333. The molecule has 3 aromatic rings. The van der Waals surface area contributed by atoms with Gasteiger partial charge in [-0.25, -0.2) is 4.90 Å². The van der Waals surface area contributed by atoms with E-state index in [4.69, 9.17) is 5.73 Å². The number of benzene rings is 2. The third kappa shape index (κ3) is 4.57. The number of pyridine rings is 1. The van der Waals surface area contributed by atoms with Gasteiger partial charge >= 0.3 is 0 Å². The highest BCUT2D eigenvalue weighted by atomic mass is 15.5. The summed E-state index contributed by atoms with van der Waals surface area (Å²) in [7, 11) is 0. The van der Waals surface area contributed by atoms with Crippen LogP contribution in [0, 0.1) is 6.92 Å². The van der Waals surface area contributed by atoms with E-state index < -0.39 is 0 Å². The molecule has 1 aliphatic heterocycles. The third-order valence-electron chi connectivity index (χ3n) is 5.68. The zero-order valence-corrected chi connectivity index (χ0v) is 17.1. The minimum atomic E-state index is 0.301. The van der Waals surface area contributed by atoms with Crippen LogP contribution < -0.4 is 11.2 Å². The molecule has 0 bridgehead atoms. The van der Waals surface area contributed by atoms with E-state index in [1.165, 1.54) is 12.0 Å². The molecule has 29 heavy (non-hydrogen) atoms. The third-order valence-corrected chi connectivity index (χ3v) is 5.68. The van der Waals surface area contributed by atoms with E-state index in [-0.39, 0.29) is 0 Å². The number of hydrazone groups is 1. The molecular formula is C24H30N5+. The van der Waals surface area contributed by atoms with E-state index in [0.717, 1.165) is 60.3 Å². The van der Waals surface area contributed by atoms with E-state index in [2.05, 4.69) is 58.4 Å². The van der Waals surface area contributed by atoms with E-state index in [1.807, 2.05) is 29.8 Å². The lowest BCUT2D eigenvalue weighted by atomic mass is 10.1. The fourth-order valence-electron chi connectivity index (χ4n) is 4.25. The molecular weight excluding hydrogens is 358 g/mol. The van der Waals surface area contributed by atoms with Crippen LogP contribution in [-0.4, -0.2) is 40.5 Å². The number of hydrogen-bond acceptors (Lipinski definition) is 4. The molecule has 1 saturated heterocycles. The smallest absolute Gasteiger partial charge is 0.237 e. The number of rotatable bonds is 7. The van der Waals surface area contributed by atoms with Gasteiger partial charge in [0.2, 0.25) is 6.17 Å². The maximum atomic E-state index is 6.20. The first kappa shape index (κ1) is 19.4. The van der Waals surface area contributed by atoms with E-state index in [9.17, 15) is 0 Å². The molecule has 1 atom stereocenters. The Morgan fingerprint density at radius 2 is 2.03 bits per heavy atom. The van der Waals surface area contributed by atoms with Gasteiger partial charge in [-0.3, -0.25) is 4.98 Å². The van der Waals surface area contributed by atoms with Crippen LogP contribution in [0.4, 0.5) is 11.4 Å². The Bertz CT molecular complexity index is 999. The maximum absolute atomic E-state index is 6.20. The van der Waals surface area contributed by atoms with Crippen molar-refractivity contribution in [1.82, 2.24) is 9.88 Å². The molecule has 0 unspecified atom stereocenters. The molecule has 1 fully saturated rings. The van der Waals surface area contributed by atoms with E-state index in [0.29, 0.717) is 6.17 Å². The summed E-state index contributed by atoms with van der Waals surface area (Å²) in [5, 5.41) is 0.972. The zero-order valence-electron chi connectivity index (χ0n) is 17.1. The Hall–Kier alpha value is -2.92. The monoisotopic (exact) mass is 388 g/mol. The number of hydrazine groups is 1. The summed E-state index contributed by atoms with van der Waals surface area (Å²) in [4.78, 5) is 7.09. The van der Waals surface area contributed by atoms with Crippen molar-refractivity contribution in [2.45, 2.75) is 38.8 Å². The van der Waals surface area contributed by atoms with E-state index in [1.54, 1.807) is 0 Å². The molecule has 5 nitrogen and oxygen atoms in total. The quantitative estimate of drug-likeness (QED) is 0.361. The Labute approximate surface area is 172 Å². The standard InChI is InChI=1S/C24H30N5/c1-18-16-22(25)21-17-20(12-13-23(21)26-18)27-28(2)24-11-7-15-29(24)14-6-10-19-8-4-3-5-9-19/h3-5,8-9,12-13,16-17,24,27H,2,6-7,10-11,14-15H2,1H3,(H2,25,26)/q+1/t24-/m0/s1. The van der Waals surface area contributed by atoms with Crippen LogP contribution in [0.5, 0.6) is 0 Å². The van der Waals surface area contributed by atoms with Crippen molar-refractivity contribution in [1.29, 1.82) is 0 Å². The van der Waals surface area contributed by atoms with Crippen molar-refractivity contribution < 1.29 is 4.68 Å². The first-order valence-corrected chi connectivity index (χ1v) is 10.4. The number of aromatic nitrogens is 1. The highest BCUT2D eigenvalue weighted by molar-refractivity contribution is 5.92. The first-order chi connectivity index (χ1) is 14.1. The van der Waals surface area contributed by atoms with Crippen molar-refractivity contribution in [3.63, 3.8) is 0 Å². The van der Waals surface area contributed by atoms with Gasteiger partial charge in [0.15, 0.2) is 6.72 Å². The average molecular weight is 389 g/mol. The number of likely N-dealkylation sites (tertiary alicyclic amines) is 1. The molecule has 5 heteroatoms. The van der Waals surface area contributed by atoms with Gasteiger partial charge in [-0.05, 0) is 56.0 Å². The van der Waals surface area contributed by atoms with Crippen molar-refractivity contribution in [2.75, 3.05) is 24.2 Å². The number of nitrogens with two attached hydrogens (primary N) is 1. The predicted molar refractivity (Wildman–Crippen MR) is 121 cm³/mol. The van der Waals surface area contributed by atoms with Gasteiger partial charge in [-0.15, -0.1) is 4.68 Å². The topological polar surface area (TPSA) is 57.2 Å². The summed E-state index contributed by atoms with van der Waals surface area (Å²) < 4.78 is 1.99. The normalized spacial score (nSPS) is 16.9. The van der Waals surface area contributed by atoms with Crippen LogP contribution in [0.2, 0.25) is 0 Å². The van der Waals surface area contributed by atoms with Gasteiger partial charge in [-0.2, -0.15) is 5.43 Å². The second-order valence-corrected chi connectivity index (χ2v) is 7.91. The van der Waals surface area contributed by atoms with Crippen LogP contribution in [0.25, 0.3) is 10.9 Å². The van der Waals surface area contributed by atoms with Crippen molar-refractivity contribution in [2.24, 2.45) is 0 Å². The van der Waals surface area contributed by atoms with Crippen molar-refractivity contribution in [3.8, 4) is 0 Å². The minimum Gasteiger partial charge on any atom is -0.398 e. The average Bonchev–Trinajstić information content (AvgIpc) is 3.18. The largest absolute Gasteiger partial charge is 0.398 e. The lowest BCUT2D eigenvalue weighted by Crippen LogP contribution is -2.41. The molecule has 2 heterocycles. The number of nitrogens with zero attached hydrogens (tertiary/aromatic N) is 3. The molecule has 1 aliphatic rings. The van der Waals surface area contributed by atoms with Gasteiger partial charge in [-0.1, -0.05) is 30.3 Å². The van der Waals surface area contributed by atoms with Gasteiger partial charge in [0, 0.05) is 36.3 Å². The Morgan fingerprint density at radius 3 is 2.86 bits per heavy atom. The summed E-state index contributed by atoms with van der Waals surface area (Å²) in [5.74, 6) is 0. The molecule has 0 amide bonds. The molecule has 0 radical (unpaired) electrons.